The summed E-state index contributed by atoms with van der Waals surface area (Å²) in [6.45, 7) is 13.8. The summed E-state index contributed by atoms with van der Waals surface area (Å²) in [5.74, 6) is 0.326. The largest absolute Gasteiger partial charge is 0.493 e. The molecule has 2 heterocycles. The first-order valence-electron chi connectivity index (χ1n) is 11.3. The Bertz CT molecular complexity index is 1060. The van der Waals surface area contributed by atoms with Gasteiger partial charge in [0, 0.05) is 23.1 Å². The Morgan fingerprint density at radius 1 is 1.21 bits per heavy atom. The number of carbonyl (C=O) groups excluding carboxylic acids is 1. The second-order valence-corrected chi connectivity index (χ2v) is 15.5. The zero-order chi connectivity index (χ0) is 24.2. The molecule has 3 aromatic rings. The van der Waals surface area contributed by atoms with Crippen molar-refractivity contribution in [1.29, 1.82) is 0 Å². The molecule has 0 aliphatic heterocycles. The Balaban J connectivity index is 1.78. The lowest BCUT2D eigenvalue weighted by atomic mass is 10.1. The van der Waals surface area contributed by atoms with Crippen LogP contribution in [-0.2, 0) is 4.43 Å². The third kappa shape index (κ3) is 6.13. The van der Waals surface area contributed by atoms with Crippen molar-refractivity contribution in [3.8, 4) is 16.2 Å². The first kappa shape index (κ1) is 25.2. The number of para-hydroxylation sites is 1. The van der Waals surface area contributed by atoms with E-state index in [2.05, 4.69) is 63.3 Å². The highest BCUT2D eigenvalue weighted by Crippen LogP contribution is 2.39. The van der Waals surface area contributed by atoms with Gasteiger partial charge in [-0.3, -0.25) is 4.79 Å². The highest BCUT2D eigenvalue weighted by Gasteiger charge is 2.40. The number of amides is 1. The SMILES string of the molecule is C[C@H](O[Si](C)(C)C(C)(C)C)[C@@H](CCOc1ccccc1-c1cccs1)n1cnc(C(N)=O)c1. The molecular formula is C25H35N3O3SSi. The van der Waals surface area contributed by atoms with Gasteiger partial charge in [0.05, 0.1) is 25.1 Å². The van der Waals surface area contributed by atoms with E-state index in [9.17, 15) is 4.79 Å². The summed E-state index contributed by atoms with van der Waals surface area (Å²) in [6, 6.07) is 12.2. The number of nitrogens with two attached hydrogens (primary N) is 1. The average Bonchev–Trinajstić information content (AvgIpc) is 3.42. The predicted octanol–water partition coefficient (Wildman–Crippen LogP) is 6.13. The maximum atomic E-state index is 11.6. The van der Waals surface area contributed by atoms with Gasteiger partial charge in [0.25, 0.3) is 5.91 Å². The Morgan fingerprint density at radius 3 is 2.55 bits per heavy atom. The first-order valence-corrected chi connectivity index (χ1v) is 15.0. The molecule has 0 spiro atoms. The summed E-state index contributed by atoms with van der Waals surface area (Å²) in [5, 5.41) is 2.16. The van der Waals surface area contributed by atoms with Crippen LogP contribution in [0, 0.1) is 0 Å². The molecule has 2 atom stereocenters. The molecule has 178 valence electrons. The molecule has 8 heteroatoms. The number of hydrogen-bond donors (Lipinski definition) is 1. The van der Waals surface area contributed by atoms with E-state index in [1.807, 2.05) is 28.8 Å². The number of nitrogens with zero attached hydrogens (tertiary/aromatic N) is 2. The summed E-state index contributed by atoms with van der Waals surface area (Å²) in [4.78, 5) is 17.0. The van der Waals surface area contributed by atoms with Gasteiger partial charge in [-0.1, -0.05) is 39.0 Å². The number of imidazole rings is 1. The molecule has 1 amide bonds. The van der Waals surface area contributed by atoms with Gasteiger partial charge in [-0.25, -0.2) is 4.98 Å². The smallest absolute Gasteiger partial charge is 0.268 e. The van der Waals surface area contributed by atoms with Crippen LogP contribution >= 0.6 is 11.3 Å². The van der Waals surface area contributed by atoms with E-state index >= 15 is 0 Å². The predicted molar refractivity (Wildman–Crippen MR) is 137 cm³/mol. The monoisotopic (exact) mass is 485 g/mol. The quantitative estimate of drug-likeness (QED) is 0.350. The van der Waals surface area contributed by atoms with Crippen LogP contribution in [0.15, 0.2) is 54.3 Å². The second-order valence-electron chi connectivity index (χ2n) is 9.83. The number of hydrogen-bond acceptors (Lipinski definition) is 5. The van der Waals surface area contributed by atoms with E-state index in [1.165, 1.54) is 4.88 Å². The van der Waals surface area contributed by atoms with Gasteiger partial charge in [-0.05, 0) is 48.6 Å². The van der Waals surface area contributed by atoms with E-state index in [-0.39, 0.29) is 22.9 Å². The third-order valence-electron chi connectivity index (χ3n) is 6.41. The minimum absolute atomic E-state index is 0.0476. The highest BCUT2D eigenvalue weighted by molar-refractivity contribution is 7.13. The van der Waals surface area contributed by atoms with Gasteiger partial charge in [-0.2, -0.15) is 0 Å². The van der Waals surface area contributed by atoms with Crippen molar-refractivity contribution in [2.75, 3.05) is 6.61 Å². The molecule has 0 saturated carbocycles. The molecule has 6 nitrogen and oxygen atoms in total. The van der Waals surface area contributed by atoms with Crippen molar-refractivity contribution >= 4 is 25.6 Å². The Labute approximate surface area is 201 Å². The molecule has 0 saturated heterocycles. The molecule has 0 bridgehead atoms. The van der Waals surface area contributed by atoms with Crippen LogP contribution in [-0.4, -0.2) is 36.5 Å². The molecule has 2 N–H and O–H groups in total. The minimum atomic E-state index is -1.99. The summed E-state index contributed by atoms with van der Waals surface area (Å²) in [5.41, 5.74) is 6.78. The molecule has 0 aliphatic carbocycles. The lowest BCUT2D eigenvalue weighted by Crippen LogP contribution is -2.45. The number of aromatic nitrogens is 2. The Morgan fingerprint density at radius 2 is 1.94 bits per heavy atom. The molecule has 3 rings (SSSR count). The molecule has 0 fully saturated rings. The fourth-order valence-electron chi connectivity index (χ4n) is 3.51. The lowest BCUT2D eigenvalue weighted by Gasteiger charge is -2.40. The van der Waals surface area contributed by atoms with Crippen LogP contribution < -0.4 is 10.5 Å². The molecular weight excluding hydrogens is 450 g/mol. The number of benzene rings is 1. The van der Waals surface area contributed by atoms with Crippen LogP contribution in [0.25, 0.3) is 10.4 Å². The summed E-state index contributed by atoms with van der Waals surface area (Å²) in [6.07, 6.45) is 3.98. The van der Waals surface area contributed by atoms with Crippen LogP contribution in [0.5, 0.6) is 5.75 Å². The van der Waals surface area contributed by atoms with Crippen molar-refractivity contribution < 1.29 is 14.0 Å². The topological polar surface area (TPSA) is 79.4 Å². The van der Waals surface area contributed by atoms with Gasteiger partial charge >= 0.3 is 0 Å². The van der Waals surface area contributed by atoms with E-state index in [4.69, 9.17) is 14.9 Å². The molecule has 0 unspecified atom stereocenters. The lowest BCUT2D eigenvalue weighted by molar-refractivity contribution is 0.0994. The molecule has 2 aromatic heterocycles. The number of carbonyl (C=O) groups is 1. The Kier molecular flexibility index (Phi) is 7.82. The number of rotatable bonds is 10. The van der Waals surface area contributed by atoms with Gasteiger partial charge in [-0.15, -0.1) is 11.3 Å². The number of thiophene rings is 1. The van der Waals surface area contributed by atoms with Gasteiger partial charge in [0.1, 0.15) is 11.4 Å². The van der Waals surface area contributed by atoms with Crippen LogP contribution in [0.2, 0.25) is 18.1 Å². The second kappa shape index (κ2) is 10.2. The zero-order valence-electron chi connectivity index (χ0n) is 20.4. The average molecular weight is 486 g/mol. The minimum Gasteiger partial charge on any atom is -0.493 e. The van der Waals surface area contributed by atoms with Gasteiger partial charge in [0.2, 0.25) is 0 Å². The van der Waals surface area contributed by atoms with E-state index in [0.29, 0.717) is 13.0 Å². The molecule has 0 radical (unpaired) electrons. The maximum absolute atomic E-state index is 11.6. The van der Waals surface area contributed by atoms with Crippen LogP contribution in [0.4, 0.5) is 0 Å². The summed E-state index contributed by atoms with van der Waals surface area (Å²) in [7, 11) is -1.99. The van der Waals surface area contributed by atoms with E-state index < -0.39 is 14.2 Å². The van der Waals surface area contributed by atoms with Crippen LogP contribution in [0.3, 0.4) is 0 Å². The third-order valence-corrected chi connectivity index (χ3v) is 11.9. The van der Waals surface area contributed by atoms with E-state index in [0.717, 1.165) is 11.3 Å². The zero-order valence-corrected chi connectivity index (χ0v) is 22.2. The van der Waals surface area contributed by atoms with Crippen molar-refractivity contribution in [2.45, 2.75) is 64.4 Å². The van der Waals surface area contributed by atoms with Crippen LogP contribution in [0.1, 0.15) is 50.6 Å². The highest BCUT2D eigenvalue weighted by atomic mass is 32.1. The molecule has 33 heavy (non-hydrogen) atoms. The maximum Gasteiger partial charge on any atom is 0.268 e. The molecule has 0 aliphatic rings. The normalized spacial score (nSPS) is 14.1. The van der Waals surface area contributed by atoms with Gasteiger partial charge in [0.15, 0.2) is 8.32 Å². The summed E-state index contributed by atoms with van der Waals surface area (Å²) >= 11 is 1.69. The summed E-state index contributed by atoms with van der Waals surface area (Å²) < 4.78 is 14.9. The van der Waals surface area contributed by atoms with E-state index in [1.54, 1.807) is 23.9 Å². The first-order chi connectivity index (χ1) is 15.5. The number of primary amides is 1. The van der Waals surface area contributed by atoms with Crippen molar-refractivity contribution in [1.82, 2.24) is 9.55 Å². The molecule has 1 aromatic carbocycles. The van der Waals surface area contributed by atoms with Gasteiger partial charge < -0.3 is 19.5 Å². The number of ether oxygens (including phenoxy) is 1. The fourth-order valence-corrected chi connectivity index (χ4v) is 5.71. The Hall–Kier alpha value is -2.42. The van der Waals surface area contributed by atoms with Crippen molar-refractivity contribution in [3.63, 3.8) is 0 Å². The fraction of sp³-hybridized carbons (Fsp3) is 0.440. The van der Waals surface area contributed by atoms with Crippen molar-refractivity contribution in [2.24, 2.45) is 5.73 Å². The standard InChI is InChI=1S/C25H35N3O3SSi/c1-18(31-33(5,6)25(2,3)4)21(28-16-20(24(26)29)27-17-28)13-14-30-22-11-8-7-10-19(22)23-12-9-15-32-23/h7-12,15-18,21H,13-14H2,1-6H3,(H2,26,29)/t18-,21+/m0/s1. The van der Waals surface area contributed by atoms with Crippen molar-refractivity contribution in [3.05, 3.63) is 60.0 Å².